The standard InChI is InChI=1S/C11H14ClNO2S/c1-7-2-3-8(9(12)4-7)5-16-6-10(13)11(14)15/h2-4,10H,5-6,13H2,1H3,(H,14,15)/t10-/m0/s1. The van der Waals surface area contributed by atoms with Crippen molar-refractivity contribution in [3.8, 4) is 0 Å². The first-order valence-electron chi connectivity index (χ1n) is 4.82. The molecule has 16 heavy (non-hydrogen) atoms. The zero-order chi connectivity index (χ0) is 12.1. The van der Waals surface area contributed by atoms with E-state index in [0.717, 1.165) is 16.1 Å². The lowest BCUT2D eigenvalue weighted by molar-refractivity contribution is -0.137. The van der Waals surface area contributed by atoms with Crippen LogP contribution in [-0.4, -0.2) is 22.9 Å². The Morgan fingerprint density at radius 1 is 1.62 bits per heavy atom. The molecular weight excluding hydrogens is 246 g/mol. The Bertz CT molecular complexity index is 384. The Labute approximate surface area is 104 Å². The predicted molar refractivity (Wildman–Crippen MR) is 68.0 cm³/mol. The number of thioether (sulfide) groups is 1. The average molecular weight is 260 g/mol. The van der Waals surface area contributed by atoms with E-state index >= 15 is 0 Å². The number of hydrogen-bond acceptors (Lipinski definition) is 3. The number of carboxylic acid groups (broad SMARTS) is 1. The van der Waals surface area contributed by atoms with Gasteiger partial charge in [-0.15, -0.1) is 0 Å². The third-order valence-corrected chi connectivity index (χ3v) is 3.54. The quantitative estimate of drug-likeness (QED) is 0.852. The highest BCUT2D eigenvalue weighted by molar-refractivity contribution is 7.98. The second kappa shape index (κ2) is 6.13. The maximum absolute atomic E-state index is 10.5. The van der Waals surface area contributed by atoms with E-state index in [2.05, 4.69) is 0 Å². The van der Waals surface area contributed by atoms with Gasteiger partial charge in [0.2, 0.25) is 0 Å². The largest absolute Gasteiger partial charge is 0.480 e. The number of carbonyl (C=O) groups is 1. The van der Waals surface area contributed by atoms with Crippen molar-refractivity contribution in [2.24, 2.45) is 5.73 Å². The molecule has 0 unspecified atom stereocenters. The van der Waals surface area contributed by atoms with Crippen LogP contribution in [-0.2, 0) is 10.5 Å². The molecule has 0 aromatic heterocycles. The van der Waals surface area contributed by atoms with Gasteiger partial charge in [-0.3, -0.25) is 4.79 Å². The lowest BCUT2D eigenvalue weighted by atomic mass is 10.2. The van der Waals surface area contributed by atoms with Crippen molar-refractivity contribution in [2.75, 3.05) is 5.75 Å². The van der Waals surface area contributed by atoms with Gasteiger partial charge in [-0.1, -0.05) is 23.7 Å². The molecular formula is C11H14ClNO2S. The van der Waals surface area contributed by atoms with Crippen LogP contribution in [0, 0.1) is 6.92 Å². The van der Waals surface area contributed by atoms with E-state index in [1.807, 2.05) is 25.1 Å². The van der Waals surface area contributed by atoms with Crippen molar-refractivity contribution in [3.63, 3.8) is 0 Å². The molecule has 0 fully saturated rings. The second-order valence-corrected chi connectivity index (χ2v) is 4.99. The number of benzene rings is 1. The highest BCUT2D eigenvalue weighted by Gasteiger charge is 2.11. The molecule has 0 saturated carbocycles. The smallest absolute Gasteiger partial charge is 0.321 e. The lowest BCUT2D eigenvalue weighted by Gasteiger charge is -2.07. The third-order valence-electron chi connectivity index (χ3n) is 2.08. The van der Waals surface area contributed by atoms with Crippen molar-refractivity contribution in [2.45, 2.75) is 18.7 Å². The molecule has 0 radical (unpaired) electrons. The number of carboxylic acids is 1. The van der Waals surface area contributed by atoms with Gasteiger partial charge in [0.1, 0.15) is 6.04 Å². The van der Waals surface area contributed by atoms with E-state index in [4.69, 9.17) is 22.4 Å². The summed E-state index contributed by atoms with van der Waals surface area (Å²) in [5.74, 6) is 0.0992. The summed E-state index contributed by atoms with van der Waals surface area (Å²) >= 11 is 7.52. The van der Waals surface area contributed by atoms with Crippen LogP contribution in [0.4, 0.5) is 0 Å². The minimum atomic E-state index is -0.970. The molecule has 1 aromatic carbocycles. The molecule has 0 bridgehead atoms. The maximum Gasteiger partial charge on any atom is 0.321 e. The maximum atomic E-state index is 10.5. The van der Waals surface area contributed by atoms with E-state index < -0.39 is 12.0 Å². The van der Waals surface area contributed by atoms with Crippen molar-refractivity contribution in [1.29, 1.82) is 0 Å². The normalized spacial score (nSPS) is 12.4. The van der Waals surface area contributed by atoms with Gasteiger partial charge in [-0.2, -0.15) is 11.8 Å². The van der Waals surface area contributed by atoms with Crippen LogP contribution in [0.25, 0.3) is 0 Å². The average Bonchev–Trinajstić information content (AvgIpc) is 2.20. The number of halogens is 1. The molecule has 0 aliphatic carbocycles. The highest BCUT2D eigenvalue weighted by atomic mass is 35.5. The summed E-state index contributed by atoms with van der Waals surface area (Å²) in [7, 11) is 0. The number of nitrogens with two attached hydrogens (primary N) is 1. The molecule has 0 heterocycles. The van der Waals surface area contributed by atoms with Gasteiger partial charge in [-0.25, -0.2) is 0 Å². The number of aliphatic carboxylic acids is 1. The summed E-state index contributed by atoms with van der Waals surface area (Å²) in [5.41, 5.74) is 7.51. The van der Waals surface area contributed by atoms with Gasteiger partial charge in [0.15, 0.2) is 0 Å². The Hall–Kier alpha value is -0.710. The fraction of sp³-hybridized carbons (Fsp3) is 0.364. The van der Waals surface area contributed by atoms with Gasteiger partial charge < -0.3 is 10.8 Å². The molecule has 3 nitrogen and oxygen atoms in total. The van der Waals surface area contributed by atoms with Crippen LogP contribution >= 0.6 is 23.4 Å². The minimum absolute atomic E-state index is 0.388. The van der Waals surface area contributed by atoms with Gasteiger partial charge in [-0.05, 0) is 24.1 Å². The Morgan fingerprint density at radius 2 is 2.31 bits per heavy atom. The molecule has 88 valence electrons. The topological polar surface area (TPSA) is 63.3 Å². The number of rotatable bonds is 5. The van der Waals surface area contributed by atoms with Crippen molar-refractivity contribution < 1.29 is 9.90 Å². The molecule has 0 spiro atoms. The summed E-state index contributed by atoms with van der Waals surface area (Å²) in [6.07, 6.45) is 0. The molecule has 1 rings (SSSR count). The lowest BCUT2D eigenvalue weighted by Crippen LogP contribution is -2.32. The molecule has 0 aliphatic rings. The van der Waals surface area contributed by atoms with Crippen LogP contribution < -0.4 is 5.73 Å². The van der Waals surface area contributed by atoms with Crippen LogP contribution in [0.3, 0.4) is 0 Å². The van der Waals surface area contributed by atoms with E-state index in [9.17, 15) is 4.79 Å². The van der Waals surface area contributed by atoms with E-state index in [0.29, 0.717) is 11.5 Å². The number of aryl methyl sites for hydroxylation is 1. The minimum Gasteiger partial charge on any atom is -0.480 e. The summed E-state index contributed by atoms with van der Waals surface area (Å²) in [6, 6.07) is 5.03. The fourth-order valence-electron chi connectivity index (χ4n) is 1.14. The van der Waals surface area contributed by atoms with Gasteiger partial charge in [0.25, 0.3) is 0 Å². The summed E-state index contributed by atoms with van der Waals surface area (Å²) in [5, 5.41) is 9.32. The first kappa shape index (κ1) is 13.4. The Kier molecular flexibility index (Phi) is 5.12. The fourth-order valence-corrected chi connectivity index (χ4v) is 2.50. The highest BCUT2D eigenvalue weighted by Crippen LogP contribution is 2.22. The van der Waals surface area contributed by atoms with Crippen LogP contribution in [0.5, 0.6) is 0 Å². The predicted octanol–water partition coefficient (Wildman–Crippen LogP) is 2.29. The molecule has 1 aromatic rings. The molecule has 1 atom stereocenters. The van der Waals surface area contributed by atoms with E-state index in [-0.39, 0.29) is 0 Å². The Morgan fingerprint density at radius 3 is 2.88 bits per heavy atom. The molecule has 0 aliphatic heterocycles. The second-order valence-electron chi connectivity index (χ2n) is 3.55. The van der Waals surface area contributed by atoms with Crippen LogP contribution in [0.2, 0.25) is 5.02 Å². The van der Waals surface area contributed by atoms with E-state index in [1.54, 1.807) is 0 Å². The summed E-state index contributed by atoms with van der Waals surface area (Å²) in [6.45, 7) is 1.98. The molecule has 3 N–H and O–H groups in total. The summed E-state index contributed by atoms with van der Waals surface area (Å²) in [4.78, 5) is 10.5. The Balaban J connectivity index is 2.46. The molecule has 5 heteroatoms. The summed E-state index contributed by atoms with van der Waals surface area (Å²) < 4.78 is 0. The van der Waals surface area contributed by atoms with Gasteiger partial charge in [0, 0.05) is 16.5 Å². The first-order chi connectivity index (χ1) is 7.50. The van der Waals surface area contributed by atoms with Crippen molar-refractivity contribution in [3.05, 3.63) is 34.3 Å². The zero-order valence-electron chi connectivity index (χ0n) is 8.94. The number of hydrogen-bond donors (Lipinski definition) is 2. The molecule has 0 saturated heterocycles. The third kappa shape index (κ3) is 4.04. The van der Waals surface area contributed by atoms with E-state index in [1.165, 1.54) is 11.8 Å². The van der Waals surface area contributed by atoms with Gasteiger partial charge in [0.05, 0.1) is 0 Å². The van der Waals surface area contributed by atoms with Crippen LogP contribution in [0.15, 0.2) is 18.2 Å². The zero-order valence-corrected chi connectivity index (χ0v) is 10.5. The van der Waals surface area contributed by atoms with Gasteiger partial charge >= 0.3 is 5.97 Å². The van der Waals surface area contributed by atoms with Crippen molar-refractivity contribution >= 4 is 29.3 Å². The molecule has 0 amide bonds. The SMILES string of the molecule is Cc1ccc(CSC[C@H](N)C(=O)O)c(Cl)c1. The monoisotopic (exact) mass is 259 g/mol. The van der Waals surface area contributed by atoms with Crippen molar-refractivity contribution in [1.82, 2.24) is 0 Å². The van der Waals surface area contributed by atoms with Crippen LogP contribution in [0.1, 0.15) is 11.1 Å². The first-order valence-corrected chi connectivity index (χ1v) is 6.35.